The third kappa shape index (κ3) is 3.35. The Hall–Kier alpha value is -1.40. The maximum absolute atomic E-state index is 12.9. The van der Waals surface area contributed by atoms with Crippen molar-refractivity contribution in [3.63, 3.8) is 0 Å². The predicted molar refractivity (Wildman–Crippen MR) is 91.1 cm³/mol. The predicted octanol–water partition coefficient (Wildman–Crippen LogP) is 2.30. The van der Waals surface area contributed by atoms with Crippen LogP contribution >= 0.6 is 0 Å². The summed E-state index contributed by atoms with van der Waals surface area (Å²) in [6.45, 7) is 7.38. The number of ether oxygens (including phenoxy) is 1. The van der Waals surface area contributed by atoms with Crippen molar-refractivity contribution in [2.75, 3.05) is 27.2 Å². The van der Waals surface area contributed by atoms with Crippen LogP contribution in [0.4, 0.5) is 0 Å². The third-order valence-corrected chi connectivity index (χ3v) is 5.25. The zero-order valence-electron chi connectivity index (χ0n) is 15.4. The van der Waals surface area contributed by atoms with E-state index in [4.69, 9.17) is 9.26 Å². The zero-order valence-corrected chi connectivity index (χ0v) is 15.4. The number of aromatic nitrogens is 1. The number of amides is 1. The van der Waals surface area contributed by atoms with Gasteiger partial charge in [0.1, 0.15) is 5.76 Å². The van der Waals surface area contributed by atoms with E-state index in [2.05, 4.69) is 44.9 Å². The second kappa shape index (κ2) is 6.48. The number of fused-ring (bicyclic) bond motifs is 1. The van der Waals surface area contributed by atoms with Crippen LogP contribution in [0.5, 0.6) is 0 Å². The highest BCUT2D eigenvalue weighted by atomic mass is 16.5. The van der Waals surface area contributed by atoms with Gasteiger partial charge in [-0.05, 0) is 33.4 Å². The van der Waals surface area contributed by atoms with E-state index in [9.17, 15) is 4.79 Å². The molecule has 6 heteroatoms. The lowest BCUT2D eigenvalue weighted by atomic mass is 9.86. The Bertz CT molecular complexity index is 591. The van der Waals surface area contributed by atoms with Crippen molar-refractivity contribution in [1.82, 2.24) is 15.0 Å². The molecule has 1 aromatic rings. The van der Waals surface area contributed by atoms with Gasteiger partial charge in [-0.2, -0.15) is 0 Å². The molecule has 1 amide bonds. The molecule has 1 aliphatic heterocycles. The summed E-state index contributed by atoms with van der Waals surface area (Å²) in [5, 5.41) is 4.02. The van der Waals surface area contributed by atoms with E-state index in [1.807, 2.05) is 4.90 Å². The minimum atomic E-state index is -0.150. The van der Waals surface area contributed by atoms with Gasteiger partial charge < -0.3 is 19.1 Å². The van der Waals surface area contributed by atoms with Crippen LogP contribution in [0.1, 0.15) is 56.3 Å². The number of rotatable bonds is 2. The molecule has 1 saturated carbocycles. The fraction of sp³-hybridized carbons (Fsp3) is 0.778. The highest BCUT2D eigenvalue weighted by molar-refractivity contribution is 5.92. The van der Waals surface area contributed by atoms with Crippen molar-refractivity contribution in [2.45, 2.75) is 63.6 Å². The highest BCUT2D eigenvalue weighted by Gasteiger charge is 2.41. The van der Waals surface area contributed by atoms with Crippen molar-refractivity contribution < 1.29 is 14.1 Å². The Labute approximate surface area is 144 Å². The first-order valence-corrected chi connectivity index (χ1v) is 8.83. The monoisotopic (exact) mass is 335 g/mol. The first-order valence-electron chi connectivity index (χ1n) is 8.83. The Morgan fingerprint density at radius 1 is 1.33 bits per heavy atom. The molecule has 134 valence electrons. The average molecular weight is 335 g/mol. The molecule has 1 aromatic heterocycles. The van der Waals surface area contributed by atoms with E-state index in [1.54, 1.807) is 6.07 Å². The second-order valence-electron chi connectivity index (χ2n) is 8.23. The highest BCUT2D eigenvalue weighted by Crippen LogP contribution is 2.32. The van der Waals surface area contributed by atoms with Gasteiger partial charge in [0.25, 0.3) is 5.91 Å². The summed E-state index contributed by atoms with van der Waals surface area (Å²) in [5.41, 5.74) is 0.262. The molecule has 1 aliphatic carbocycles. The second-order valence-corrected chi connectivity index (χ2v) is 8.23. The Kier molecular flexibility index (Phi) is 4.71. The Balaban J connectivity index is 1.74. The van der Waals surface area contributed by atoms with Crippen LogP contribution in [0, 0.1) is 0 Å². The first kappa shape index (κ1) is 17.4. The lowest BCUT2D eigenvalue weighted by Gasteiger charge is -2.46. The van der Waals surface area contributed by atoms with E-state index in [1.165, 1.54) is 0 Å². The van der Waals surface area contributed by atoms with Gasteiger partial charge in [-0.1, -0.05) is 25.9 Å². The lowest BCUT2D eigenvalue weighted by molar-refractivity contribution is -0.0879. The SMILES string of the molecule is CN(C)[C@@H]1CC[C@H]2[C@@H](C1)OCCN2C(=O)c1cc(C(C)(C)C)on1. The number of hydrogen-bond donors (Lipinski definition) is 0. The van der Waals surface area contributed by atoms with Gasteiger partial charge in [-0.3, -0.25) is 4.79 Å². The molecule has 2 aliphatic rings. The Morgan fingerprint density at radius 3 is 2.71 bits per heavy atom. The zero-order chi connectivity index (χ0) is 17.5. The van der Waals surface area contributed by atoms with Gasteiger partial charge >= 0.3 is 0 Å². The smallest absolute Gasteiger partial charge is 0.276 e. The number of nitrogens with zero attached hydrogens (tertiary/aromatic N) is 3. The molecule has 2 heterocycles. The summed E-state index contributed by atoms with van der Waals surface area (Å²) in [5.74, 6) is 0.711. The van der Waals surface area contributed by atoms with E-state index in [0.717, 1.165) is 25.0 Å². The Morgan fingerprint density at radius 2 is 2.08 bits per heavy atom. The van der Waals surface area contributed by atoms with Crippen molar-refractivity contribution in [2.24, 2.45) is 0 Å². The number of carbonyl (C=O) groups excluding carboxylic acids is 1. The summed E-state index contributed by atoms with van der Waals surface area (Å²) in [4.78, 5) is 17.2. The van der Waals surface area contributed by atoms with Crippen LogP contribution in [0.15, 0.2) is 10.6 Å². The molecule has 3 atom stereocenters. The van der Waals surface area contributed by atoms with E-state index < -0.39 is 0 Å². The topological polar surface area (TPSA) is 58.8 Å². The molecule has 6 nitrogen and oxygen atoms in total. The average Bonchev–Trinajstić information content (AvgIpc) is 3.03. The number of hydrogen-bond acceptors (Lipinski definition) is 5. The third-order valence-electron chi connectivity index (χ3n) is 5.25. The van der Waals surface area contributed by atoms with Crippen LogP contribution in [-0.4, -0.2) is 66.3 Å². The van der Waals surface area contributed by atoms with Gasteiger partial charge in [0.05, 0.1) is 18.8 Å². The molecule has 0 unspecified atom stereocenters. The number of carbonyl (C=O) groups is 1. The van der Waals surface area contributed by atoms with E-state index >= 15 is 0 Å². The van der Waals surface area contributed by atoms with Crippen LogP contribution < -0.4 is 0 Å². The molecule has 24 heavy (non-hydrogen) atoms. The maximum Gasteiger partial charge on any atom is 0.276 e. The quantitative estimate of drug-likeness (QED) is 0.830. The molecule has 0 radical (unpaired) electrons. The lowest BCUT2D eigenvalue weighted by Crippen LogP contribution is -2.57. The molecule has 2 fully saturated rings. The summed E-state index contributed by atoms with van der Waals surface area (Å²) in [6, 6.07) is 2.47. The largest absolute Gasteiger partial charge is 0.374 e. The fourth-order valence-corrected chi connectivity index (χ4v) is 3.69. The van der Waals surface area contributed by atoms with Crippen molar-refractivity contribution in [3.8, 4) is 0 Å². The standard InChI is InChI=1S/C18H29N3O3/c1-18(2,3)16-11-13(19-24-16)17(22)21-8-9-23-15-10-12(20(4)5)6-7-14(15)21/h11-12,14-15H,6-10H2,1-5H3/t12-,14+,15-/m1/s1. The molecule has 0 spiro atoms. The summed E-state index contributed by atoms with van der Waals surface area (Å²) in [7, 11) is 4.22. The molecular weight excluding hydrogens is 306 g/mol. The van der Waals surface area contributed by atoms with Crippen molar-refractivity contribution in [1.29, 1.82) is 0 Å². The first-order chi connectivity index (χ1) is 11.3. The van der Waals surface area contributed by atoms with Crippen LogP contribution in [0.25, 0.3) is 0 Å². The number of morpholine rings is 1. The van der Waals surface area contributed by atoms with Gasteiger partial charge in [-0.25, -0.2) is 0 Å². The molecular formula is C18H29N3O3. The van der Waals surface area contributed by atoms with Gasteiger partial charge in [0.15, 0.2) is 5.69 Å². The van der Waals surface area contributed by atoms with Crippen LogP contribution in [-0.2, 0) is 10.2 Å². The van der Waals surface area contributed by atoms with E-state index in [0.29, 0.717) is 24.9 Å². The van der Waals surface area contributed by atoms with Crippen LogP contribution in [0.3, 0.4) is 0 Å². The molecule has 0 bridgehead atoms. The van der Waals surface area contributed by atoms with Crippen molar-refractivity contribution in [3.05, 3.63) is 17.5 Å². The molecule has 0 aromatic carbocycles. The van der Waals surface area contributed by atoms with Gasteiger partial charge in [0.2, 0.25) is 0 Å². The maximum atomic E-state index is 12.9. The normalized spacial score (nSPS) is 28.1. The summed E-state index contributed by atoms with van der Waals surface area (Å²) >= 11 is 0. The molecule has 0 N–H and O–H groups in total. The van der Waals surface area contributed by atoms with Gasteiger partial charge in [-0.15, -0.1) is 0 Å². The fourth-order valence-electron chi connectivity index (χ4n) is 3.69. The van der Waals surface area contributed by atoms with Crippen LogP contribution in [0.2, 0.25) is 0 Å². The van der Waals surface area contributed by atoms with Gasteiger partial charge in [0, 0.05) is 24.1 Å². The minimum absolute atomic E-state index is 0.0316. The molecule has 3 rings (SSSR count). The minimum Gasteiger partial charge on any atom is -0.374 e. The summed E-state index contributed by atoms with van der Waals surface area (Å²) < 4.78 is 11.4. The van der Waals surface area contributed by atoms with Crippen molar-refractivity contribution >= 4 is 5.91 Å². The van der Waals surface area contributed by atoms with E-state index in [-0.39, 0.29) is 23.5 Å². The molecule has 1 saturated heterocycles. The summed E-state index contributed by atoms with van der Waals surface area (Å²) in [6.07, 6.45) is 3.17.